The summed E-state index contributed by atoms with van der Waals surface area (Å²) in [5, 5.41) is 0. The van der Waals surface area contributed by atoms with Crippen molar-refractivity contribution in [2.24, 2.45) is 0 Å². The summed E-state index contributed by atoms with van der Waals surface area (Å²) in [5.41, 5.74) is 6.96. The van der Waals surface area contributed by atoms with E-state index in [1.54, 1.807) is 0 Å². The summed E-state index contributed by atoms with van der Waals surface area (Å²) in [5.74, 6) is 0. The molecule has 0 aliphatic heterocycles. The minimum absolute atomic E-state index is 0.567. The fourth-order valence-corrected chi connectivity index (χ4v) is 8.94. The molecule has 2 aromatic carbocycles. The lowest BCUT2D eigenvalue weighted by Crippen LogP contribution is -2.42. The van der Waals surface area contributed by atoms with Crippen molar-refractivity contribution < 1.29 is 0 Å². The number of allylic oxidation sites excluding steroid dienone is 3. The minimum atomic E-state index is -1.68. The van der Waals surface area contributed by atoms with Gasteiger partial charge in [0.25, 0.3) is 0 Å². The van der Waals surface area contributed by atoms with E-state index in [9.17, 15) is 0 Å². The Morgan fingerprint density at radius 1 is 0.870 bits per heavy atom. The third kappa shape index (κ3) is 2.19. The van der Waals surface area contributed by atoms with Gasteiger partial charge in [0.2, 0.25) is 0 Å². The van der Waals surface area contributed by atoms with Crippen LogP contribution in [0, 0.1) is 0 Å². The summed E-state index contributed by atoms with van der Waals surface area (Å²) in [6.45, 7) is 6.65. The molecule has 0 heterocycles. The average molecular weight is 315 g/mol. The Kier molecular flexibility index (Phi) is 3.46. The van der Waals surface area contributed by atoms with Crippen LogP contribution in [0.1, 0.15) is 33.3 Å². The largest absolute Gasteiger partial charge is 0.103 e. The predicted molar refractivity (Wildman–Crippen MR) is 103 cm³/mol. The van der Waals surface area contributed by atoms with Crippen LogP contribution in [0.5, 0.6) is 0 Å². The van der Waals surface area contributed by atoms with Crippen LogP contribution in [0.25, 0.3) is 12.2 Å². The van der Waals surface area contributed by atoms with Crippen molar-refractivity contribution in [2.75, 3.05) is 0 Å². The van der Waals surface area contributed by atoms with E-state index in [2.05, 4.69) is 92.0 Å². The molecule has 23 heavy (non-hydrogen) atoms. The summed E-state index contributed by atoms with van der Waals surface area (Å²) in [6, 6.07) is 18.9. The molecule has 2 aliphatic rings. The second-order valence-corrected chi connectivity index (χ2v) is 11.6. The maximum Gasteiger partial charge on any atom is 0.0781 e. The van der Waals surface area contributed by atoms with Crippen molar-refractivity contribution in [2.45, 2.75) is 23.7 Å². The average Bonchev–Trinajstić information content (AvgIpc) is 3.20. The van der Waals surface area contributed by atoms with Crippen molar-refractivity contribution in [1.82, 2.24) is 0 Å². The Morgan fingerprint density at radius 3 is 1.83 bits per heavy atom. The molecule has 2 atom stereocenters. The van der Waals surface area contributed by atoms with Gasteiger partial charge in [-0.2, -0.15) is 0 Å². The lowest BCUT2D eigenvalue weighted by atomic mass is 10.1. The van der Waals surface area contributed by atoms with Crippen LogP contribution in [0.2, 0.25) is 12.6 Å². The first-order valence-electron chi connectivity index (χ1n) is 8.39. The first-order chi connectivity index (χ1) is 11.2. The first-order valence-corrected chi connectivity index (χ1v) is 11.3. The van der Waals surface area contributed by atoms with Crippen molar-refractivity contribution in [3.05, 3.63) is 95.6 Å². The van der Waals surface area contributed by atoms with E-state index in [-0.39, 0.29) is 0 Å². The normalized spacial score (nSPS) is 23.3. The summed E-state index contributed by atoms with van der Waals surface area (Å²) in [6.07, 6.45) is 11.7. The highest BCUT2D eigenvalue weighted by Gasteiger charge is 2.45. The number of hydrogen-bond donors (Lipinski definition) is 0. The van der Waals surface area contributed by atoms with Gasteiger partial charge in [-0.05, 0) is 39.4 Å². The molecule has 4 rings (SSSR count). The van der Waals surface area contributed by atoms with Gasteiger partial charge in [0.1, 0.15) is 0 Å². The van der Waals surface area contributed by atoms with Gasteiger partial charge in [-0.25, -0.2) is 0 Å². The van der Waals surface area contributed by atoms with Crippen LogP contribution in [-0.4, -0.2) is 8.07 Å². The van der Waals surface area contributed by atoms with E-state index in [0.29, 0.717) is 11.1 Å². The molecule has 0 bridgehead atoms. The smallest absolute Gasteiger partial charge is 0.0781 e. The number of hydrogen-bond acceptors (Lipinski definition) is 0. The van der Waals surface area contributed by atoms with E-state index in [1.807, 2.05) is 0 Å². The zero-order valence-electron chi connectivity index (χ0n) is 13.6. The SMILES string of the molecule is C=CC[Si](C)(C1C=Cc2ccccc21)C1C=Cc2ccccc21. The summed E-state index contributed by atoms with van der Waals surface area (Å²) >= 11 is 0. The van der Waals surface area contributed by atoms with E-state index in [1.165, 1.54) is 22.3 Å². The quantitative estimate of drug-likeness (QED) is 0.483. The zero-order chi connectivity index (χ0) is 15.9. The topological polar surface area (TPSA) is 0 Å². The minimum Gasteiger partial charge on any atom is -0.103 e. The van der Waals surface area contributed by atoms with Crippen molar-refractivity contribution in [1.29, 1.82) is 0 Å². The van der Waals surface area contributed by atoms with Gasteiger partial charge in [-0.3, -0.25) is 0 Å². The fourth-order valence-electron chi connectivity index (χ4n) is 4.41. The Bertz CT molecular complexity index is 751. The Balaban J connectivity index is 1.81. The zero-order valence-corrected chi connectivity index (χ0v) is 14.6. The second kappa shape index (κ2) is 5.50. The highest BCUT2D eigenvalue weighted by Crippen LogP contribution is 2.48. The molecule has 2 aliphatic carbocycles. The van der Waals surface area contributed by atoms with Gasteiger partial charge in [0, 0.05) is 0 Å². The van der Waals surface area contributed by atoms with Gasteiger partial charge in [0.05, 0.1) is 8.07 Å². The Hall–Kier alpha value is -2.12. The highest BCUT2D eigenvalue weighted by molar-refractivity contribution is 6.83. The second-order valence-electron chi connectivity index (χ2n) is 6.93. The van der Waals surface area contributed by atoms with E-state index in [4.69, 9.17) is 0 Å². The number of fused-ring (bicyclic) bond motifs is 2. The van der Waals surface area contributed by atoms with Gasteiger partial charge in [0.15, 0.2) is 0 Å². The maximum absolute atomic E-state index is 4.09. The Labute approximate surface area is 139 Å². The van der Waals surface area contributed by atoms with Crippen LogP contribution < -0.4 is 0 Å². The molecule has 0 saturated carbocycles. The standard InChI is InChI=1S/C22H22Si/c1-3-16-23(2,21-14-12-17-8-4-6-10-19(17)21)22-15-13-18-9-5-7-11-20(18)22/h3-15,21-22H,1,16H2,2H3. The molecule has 0 aromatic heterocycles. The van der Waals surface area contributed by atoms with E-state index < -0.39 is 8.07 Å². The van der Waals surface area contributed by atoms with E-state index >= 15 is 0 Å². The molecule has 0 nitrogen and oxygen atoms in total. The molecular formula is C22H22Si. The van der Waals surface area contributed by atoms with E-state index in [0.717, 1.165) is 6.04 Å². The molecule has 114 valence electrons. The van der Waals surface area contributed by atoms with Crippen LogP contribution in [0.3, 0.4) is 0 Å². The molecular weight excluding hydrogens is 292 g/mol. The van der Waals surface area contributed by atoms with Crippen molar-refractivity contribution in [3.8, 4) is 0 Å². The van der Waals surface area contributed by atoms with Crippen LogP contribution in [-0.2, 0) is 0 Å². The van der Waals surface area contributed by atoms with Crippen LogP contribution in [0.15, 0.2) is 73.3 Å². The van der Waals surface area contributed by atoms with Gasteiger partial charge >= 0.3 is 0 Å². The lowest BCUT2D eigenvalue weighted by Gasteiger charge is -2.38. The van der Waals surface area contributed by atoms with Gasteiger partial charge in [-0.15, -0.1) is 6.58 Å². The molecule has 2 unspecified atom stereocenters. The lowest BCUT2D eigenvalue weighted by molar-refractivity contribution is 1.03. The first kappa shape index (κ1) is 14.5. The van der Waals surface area contributed by atoms with Crippen molar-refractivity contribution in [3.63, 3.8) is 0 Å². The summed E-state index contributed by atoms with van der Waals surface area (Å²) in [4.78, 5) is 0. The molecule has 0 saturated heterocycles. The molecule has 0 fully saturated rings. The highest BCUT2D eigenvalue weighted by atomic mass is 28.3. The van der Waals surface area contributed by atoms with Crippen LogP contribution >= 0.6 is 0 Å². The molecule has 2 aromatic rings. The van der Waals surface area contributed by atoms with Gasteiger partial charge < -0.3 is 0 Å². The predicted octanol–water partition coefficient (Wildman–Crippen LogP) is 5.95. The summed E-state index contributed by atoms with van der Waals surface area (Å²) < 4.78 is 0. The Morgan fingerprint density at radius 2 is 1.35 bits per heavy atom. The summed E-state index contributed by atoms with van der Waals surface area (Å²) in [7, 11) is -1.68. The van der Waals surface area contributed by atoms with Crippen molar-refractivity contribution >= 4 is 20.2 Å². The monoisotopic (exact) mass is 314 g/mol. The number of rotatable bonds is 4. The number of benzene rings is 2. The van der Waals surface area contributed by atoms with Crippen LogP contribution in [0.4, 0.5) is 0 Å². The maximum atomic E-state index is 4.09. The molecule has 1 heteroatoms. The molecule has 0 spiro atoms. The molecule has 0 N–H and O–H groups in total. The van der Waals surface area contributed by atoms with Gasteiger partial charge in [-0.1, -0.05) is 85.5 Å². The third-order valence-corrected chi connectivity index (χ3v) is 10.6. The molecule has 0 radical (unpaired) electrons. The fraction of sp³-hybridized carbons (Fsp3) is 0.182. The molecule has 0 amide bonds. The third-order valence-electron chi connectivity index (χ3n) is 5.60.